The number of amides is 1. The van der Waals surface area contributed by atoms with E-state index in [9.17, 15) is 28.1 Å². The lowest BCUT2D eigenvalue weighted by Gasteiger charge is -2.35. The van der Waals surface area contributed by atoms with Crippen LogP contribution in [-0.2, 0) is 6.18 Å². The fourth-order valence-electron chi connectivity index (χ4n) is 2.98. The Labute approximate surface area is 152 Å². The fraction of sp³-hybridized carbons (Fsp3) is 0.294. The summed E-state index contributed by atoms with van der Waals surface area (Å²) >= 11 is 0. The molecule has 2 heterocycles. The molecule has 3 rings (SSSR count). The second-order valence-corrected chi connectivity index (χ2v) is 5.93. The van der Waals surface area contributed by atoms with Crippen molar-refractivity contribution in [2.24, 2.45) is 0 Å². The van der Waals surface area contributed by atoms with Gasteiger partial charge in [-0.05, 0) is 18.2 Å². The molecule has 0 saturated carbocycles. The highest BCUT2D eigenvalue weighted by molar-refractivity contribution is 5.96. The van der Waals surface area contributed by atoms with E-state index >= 15 is 0 Å². The van der Waals surface area contributed by atoms with Gasteiger partial charge in [0.15, 0.2) is 0 Å². The summed E-state index contributed by atoms with van der Waals surface area (Å²) < 4.78 is 39.4. The van der Waals surface area contributed by atoms with E-state index in [1.54, 1.807) is 4.90 Å². The van der Waals surface area contributed by atoms with Crippen molar-refractivity contribution in [3.63, 3.8) is 0 Å². The van der Waals surface area contributed by atoms with Crippen molar-refractivity contribution < 1.29 is 22.9 Å². The number of piperazine rings is 1. The van der Waals surface area contributed by atoms with Crippen LogP contribution >= 0.6 is 0 Å². The number of hydrogen-bond acceptors (Lipinski definition) is 5. The van der Waals surface area contributed by atoms with E-state index in [4.69, 9.17) is 0 Å². The second-order valence-electron chi connectivity index (χ2n) is 5.93. The van der Waals surface area contributed by atoms with Crippen molar-refractivity contribution in [2.45, 2.75) is 6.18 Å². The van der Waals surface area contributed by atoms with Gasteiger partial charge >= 0.3 is 11.9 Å². The first-order valence-electron chi connectivity index (χ1n) is 8.09. The van der Waals surface area contributed by atoms with E-state index in [-0.39, 0.29) is 37.7 Å². The number of alkyl halides is 3. The number of rotatable bonds is 3. The van der Waals surface area contributed by atoms with Crippen LogP contribution in [0.25, 0.3) is 0 Å². The Morgan fingerprint density at radius 1 is 1.07 bits per heavy atom. The quantitative estimate of drug-likeness (QED) is 0.604. The summed E-state index contributed by atoms with van der Waals surface area (Å²) in [5.74, 6) is -0.525. The first kappa shape index (κ1) is 18.6. The zero-order valence-electron chi connectivity index (χ0n) is 14.0. The van der Waals surface area contributed by atoms with E-state index in [2.05, 4.69) is 4.98 Å². The molecule has 0 aliphatic carbocycles. The Kier molecular flexibility index (Phi) is 4.98. The molecule has 1 amide bonds. The third-order valence-electron chi connectivity index (χ3n) is 4.29. The first-order chi connectivity index (χ1) is 12.8. The number of anilines is 1. The number of nitro groups is 1. The van der Waals surface area contributed by atoms with Crippen molar-refractivity contribution in [2.75, 3.05) is 31.1 Å². The van der Waals surface area contributed by atoms with Crippen LogP contribution in [-0.4, -0.2) is 46.9 Å². The van der Waals surface area contributed by atoms with Gasteiger partial charge in [-0.1, -0.05) is 12.1 Å². The second kappa shape index (κ2) is 7.22. The molecule has 0 N–H and O–H groups in total. The Hall–Kier alpha value is -3.17. The molecule has 1 saturated heterocycles. The summed E-state index contributed by atoms with van der Waals surface area (Å²) in [7, 11) is 0. The lowest BCUT2D eigenvalue weighted by Crippen LogP contribution is -2.49. The number of halogens is 3. The molecule has 1 aliphatic rings. The molecule has 7 nitrogen and oxygen atoms in total. The largest absolute Gasteiger partial charge is 0.417 e. The lowest BCUT2D eigenvalue weighted by molar-refractivity contribution is -0.384. The van der Waals surface area contributed by atoms with Crippen LogP contribution < -0.4 is 4.90 Å². The number of pyridine rings is 1. The van der Waals surface area contributed by atoms with Gasteiger partial charge in [-0.2, -0.15) is 13.2 Å². The predicted octanol–water partition coefficient (Wildman–Crippen LogP) is 2.97. The summed E-state index contributed by atoms with van der Waals surface area (Å²) in [6.07, 6.45) is -3.19. The number of nitrogens with zero attached hydrogens (tertiary/aromatic N) is 4. The molecule has 1 aromatic heterocycles. The van der Waals surface area contributed by atoms with E-state index < -0.39 is 28.1 Å². The highest BCUT2D eigenvalue weighted by Crippen LogP contribution is 2.33. The van der Waals surface area contributed by atoms with Crippen molar-refractivity contribution >= 4 is 17.4 Å². The maximum Gasteiger partial charge on any atom is 0.417 e. The van der Waals surface area contributed by atoms with Crippen LogP contribution in [0.15, 0.2) is 42.6 Å². The summed E-state index contributed by atoms with van der Waals surface area (Å²) in [6, 6.07) is 7.44. The molecular weight excluding hydrogens is 365 g/mol. The van der Waals surface area contributed by atoms with E-state index in [1.165, 1.54) is 35.4 Å². The Balaban J connectivity index is 1.76. The molecule has 27 heavy (non-hydrogen) atoms. The zero-order chi connectivity index (χ0) is 19.6. The molecule has 1 fully saturated rings. The van der Waals surface area contributed by atoms with Gasteiger partial charge in [0.25, 0.3) is 5.91 Å². The number of aromatic nitrogens is 1. The van der Waals surface area contributed by atoms with Gasteiger partial charge in [0, 0.05) is 38.4 Å². The molecule has 0 spiro atoms. The third-order valence-corrected chi connectivity index (χ3v) is 4.29. The minimum atomic E-state index is -4.62. The van der Waals surface area contributed by atoms with Crippen LogP contribution in [0.5, 0.6) is 0 Å². The van der Waals surface area contributed by atoms with Crippen LogP contribution in [0.2, 0.25) is 0 Å². The van der Waals surface area contributed by atoms with Crippen LogP contribution in [0.3, 0.4) is 0 Å². The van der Waals surface area contributed by atoms with E-state index in [0.717, 1.165) is 12.1 Å². The minimum absolute atomic E-state index is 0.138. The number of hydrogen-bond donors (Lipinski definition) is 0. The highest BCUT2D eigenvalue weighted by atomic mass is 19.4. The number of benzene rings is 1. The van der Waals surface area contributed by atoms with Crippen molar-refractivity contribution in [1.29, 1.82) is 0 Å². The molecule has 10 heteroatoms. The SMILES string of the molecule is O=C(c1ccccc1C(F)(F)F)N1CCN(c2ncccc2[N+](=O)[O-])CC1. The van der Waals surface area contributed by atoms with Crippen molar-refractivity contribution in [3.8, 4) is 0 Å². The number of carbonyl (C=O) groups excluding carboxylic acids is 1. The summed E-state index contributed by atoms with van der Waals surface area (Å²) in [6.45, 7) is 0.743. The maximum atomic E-state index is 13.1. The van der Waals surface area contributed by atoms with Crippen LogP contribution in [0, 0.1) is 10.1 Å². The average Bonchev–Trinajstić information content (AvgIpc) is 2.67. The fourth-order valence-corrected chi connectivity index (χ4v) is 2.98. The molecule has 1 aliphatic heterocycles. The van der Waals surface area contributed by atoms with E-state index in [1.807, 2.05) is 0 Å². The maximum absolute atomic E-state index is 13.1. The summed E-state index contributed by atoms with van der Waals surface area (Å²) in [5.41, 5.74) is -1.53. The Morgan fingerprint density at radius 3 is 2.37 bits per heavy atom. The van der Waals surface area contributed by atoms with Crippen LogP contribution in [0.4, 0.5) is 24.7 Å². The summed E-state index contributed by atoms with van der Waals surface area (Å²) in [5, 5.41) is 11.1. The standard InChI is InChI=1S/C17H15F3N4O3/c18-17(19,20)13-5-2-1-4-12(13)16(25)23-10-8-22(9-11-23)15-14(24(26)27)6-3-7-21-15/h1-7H,8-11H2. The normalized spacial score (nSPS) is 14.9. The van der Waals surface area contributed by atoms with Gasteiger partial charge in [-0.15, -0.1) is 0 Å². The molecule has 0 radical (unpaired) electrons. The highest BCUT2D eigenvalue weighted by Gasteiger charge is 2.36. The van der Waals surface area contributed by atoms with Gasteiger partial charge in [-0.25, -0.2) is 4.98 Å². The van der Waals surface area contributed by atoms with Crippen molar-refractivity contribution in [3.05, 3.63) is 63.8 Å². The zero-order valence-corrected chi connectivity index (χ0v) is 14.0. The average molecular weight is 380 g/mol. The van der Waals surface area contributed by atoms with Gasteiger partial charge in [0.2, 0.25) is 5.82 Å². The topological polar surface area (TPSA) is 79.6 Å². The molecular formula is C17H15F3N4O3. The van der Waals surface area contributed by atoms with Crippen molar-refractivity contribution in [1.82, 2.24) is 9.88 Å². The number of carbonyl (C=O) groups is 1. The van der Waals surface area contributed by atoms with Crippen LogP contribution in [0.1, 0.15) is 15.9 Å². The van der Waals surface area contributed by atoms with Gasteiger partial charge < -0.3 is 9.80 Å². The molecule has 0 atom stereocenters. The van der Waals surface area contributed by atoms with Gasteiger partial charge in [0.05, 0.1) is 16.1 Å². The minimum Gasteiger partial charge on any atom is -0.347 e. The van der Waals surface area contributed by atoms with E-state index in [0.29, 0.717) is 0 Å². The molecule has 1 aromatic carbocycles. The Morgan fingerprint density at radius 2 is 1.74 bits per heavy atom. The van der Waals surface area contributed by atoms with Gasteiger partial charge in [0.1, 0.15) is 0 Å². The predicted molar refractivity (Wildman–Crippen MR) is 90.5 cm³/mol. The molecule has 142 valence electrons. The Bertz CT molecular complexity index is 864. The first-order valence-corrected chi connectivity index (χ1v) is 8.09. The molecule has 0 bridgehead atoms. The lowest BCUT2D eigenvalue weighted by atomic mass is 10.1. The molecule has 2 aromatic rings. The third kappa shape index (κ3) is 3.83. The summed E-state index contributed by atoms with van der Waals surface area (Å²) in [4.78, 5) is 30.1. The monoisotopic (exact) mass is 380 g/mol. The smallest absolute Gasteiger partial charge is 0.347 e. The van der Waals surface area contributed by atoms with Gasteiger partial charge in [-0.3, -0.25) is 14.9 Å². The molecule has 0 unspecified atom stereocenters.